The van der Waals surface area contributed by atoms with Crippen molar-refractivity contribution in [1.29, 1.82) is 0 Å². The molecule has 1 fully saturated rings. The number of pyridine rings is 1. The molecule has 1 aromatic heterocycles. The Kier molecular flexibility index (Phi) is 5.73. The number of carbonyl (C=O) groups excluding carboxylic acids is 1. The third kappa shape index (κ3) is 5.35. The number of rotatable bonds is 3. The lowest BCUT2D eigenvalue weighted by Gasteiger charge is -2.12. The monoisotopic (exact) mass is 329 g/mol. The first-order valence-electron chi connectivity index (χ1n) is 5.74. The zero-order valence-corrected chi connectivity index (χ0v) is 11.3. The third-order valence-electron chi connectivity index (χ3n) is 2.59. The van der Waals surface area contributed by atoms with E-state index in [-0.39, 0.29) is 31.2 Å². The fourth-order valence-corrected chi connectivity index (χ4v) is 1.77. The second-order valence-corrected chi connectivity index (χ2v) is 4.19. The number of anilines is 1. The molecule has 2 heterocycles. The quantitative estimate of drug-likeness (QED) is 0.833. The fraction of sp³-hybridized carbons (Fsp3) is 0.455. The van der Waals surface area contributed by atoms with E-state index in [1.54, 1.807) is 0 Å². The lowest BCUT2D eigenvalue weighted by Crippen LogP contribution is -2.35. The molecule has 118 valence electrons. The van der Waals surface area contributed by atoms with Crippen LogP contribution in [0, 0.1) is 0 Å². The number of nitrogens with zero attached hydrogens (tertiary/aromatic N) is 1. The summed E-state index contributed by atoms with van der Waals surface area (Å²) in [6, 6.07) is 2.85. The molecule has 0 radical (unpaired) electrons. The van der Waals surface area contributed by atoms with Crippen LogP contribution in [0.3, 0.4) is 0 Å². The zero-order chi connectivity index (χ0) is 14.8. The number of aromatic nitrogens is 1. The van der Waals surface area contributed by atoms with Crippen molar-refractivity contribution in [1.82, 2.24) is 10.3 Å². The summed E-state index contributed by atoms with van der Waals surface area (Å²) >= 11 is 0. The summed E-state index contributed by atoms with van der Waals surface area (Å²) in [5.74, 6) is -1.33. The van der Waals surface area contributed by atoms with E-state index in [0.717, 1.165) is 6.07 Å². The number of amides is 1. The van der Waals surface area contributed by atoms with Crippen molar-refractivity contribution < 1.29 is 27.1 Å². The average Bonchev–Trinajstić information content (AvgIpc) is 2.74. The predicted molar refractivity (Wildman–Crippen MR) is 68.1 cm³/mol. The van der Waals surface area contributed by atoms with Gasteiger partial charge in [-0.2, -0.15) is 4.98 Å². The first kappa shape index (κ1) is 17.4. The minimum absolute atomic E-state index is 0. The SMILES string of the molecule is Cl.O=C(Nc1cccc(OC(F)(F)F)n1)[C@@H]1C[C@@H](F)CN1. The van der Waals surface area contributed by atoms with Gasteiger partial charge in [0.05, 0.1) is 6.04 Å². The van der Waals surface area contributed by atoms with Crippen molar-refractivity contribution in [2.75, 3.05) is 11.9 Å². The summed E-state index contributed by atoms with van der Waals surface area (Å²) in [5.41, 5.74) is 0. The van der Waals surface area contributed by atoms with Gasteiger partial charge in [-0.25, -0.2) is 4.39 Å². The van der Waals surface area contributed by atoms with Crippen molar-refractivity contribution in [3.05, 3.63) is 18.2 Å². The summed E-state index contributed by atoms with van der Waals surface area (Å²) in [6.07, 6.45) is -5.95. The summed E-state index contributed by atoms with van der Waals surface area (Å²) < 4.78 is 52.6. The van der Waals surface area contributed by atoms with Crippen LogP contribution in [-0.2, 0) is 4.79 Å². The molecule has 0 aromatic carbocycles. The van der Waals surface area contributed by atoms with Crippen LogP contribution in [0.25, 0.3) is 0 Å². The van der Waals surface area contributed by atoms with Gasteiger partial charge in [-0.05, 0) is 6.07 Å². The minimum Gasteiger partial charge on any atom is -0.388 e. The van der Waals surface area contributed by atoms with E-state index in [2.05, 4.69) is 20.4 Å². The minimum atomic E-state index is -4.86. The van der Waals surface area contributed by atoms with Crippen molar-refractivity contribution >= 4 is 24.1 Å². The highest BCUT2D eigenvalue weighted by molar-refractivity contribution is 5.94. The molecule has 1 aliphatic rings. The van der Waals surface area contributed by atoms with Crippen LogP contribution >= 0.6 is 12.4 Å². The molecule has 0 bridgehead atoms. The first-order chi connectivity index (χ1) is 9.33. The number of hydrogen-bond donors (Lipinski definition) is 2. The van der Waals surface area contributed by atoms with Gasteiger partial charge in [-0.1, -0.05) is 6.07 Å². The lowest BCUT2D eigenvalue weighted by molar-refractivity contribution is -0.276. The molecule has 0 spiro atoms. The number of ether oxygens (including phenoxy) is 1. The largest absolute Gasteiger partial charge is 0.574 e. The molecular formula is C11H12ClF4N3O2. The van der Waals surface area contributed by atoms with Crippen LogP contribution in [0.1, 0.15) is 6.42 Å². The Labute approximate surface area is 123 Å². The van der Waals surface area contributed by atoms with Gasteiger partial charge in [0.15, 0.2) is 0 Å². The Morgan fingerprint density at radius 3 is 2.71 bits per heavy atom. The van der Waals surface area contributed by atoms with Gasteiger partial charge in [-0.3, -0.25) is 4.79 Å². The van der Waals surface area contributed by atoms with E-state index in [0.29, 0.717) is 0 Å². The molecule has 5 nitrogen and oxygen atoms in total. The smallest absolute Gasteiger partial charge is 0.388 e. The van der Waals surface area contributed by atoms with Crippen LogP contribution in [-0.4, -0.2) is 36.0 Å². The third-order valence-corrected chi connectivity index (χ3v) is 2.59. The van der Waals surface area contributed by atoms with Crippen molar-refractivity contribution in [2.45, 2.75) is 25.0 Å². The van der Waals surface area contributed by atoms with Gasteiger partial charge >= 0.3 is 6.36 Å². The van der Waals surface area contributed by atoms with Crippen LogP contribution in [0.2, 0.25) is 0 Å². The maximum Gasteiger partial charge on any atom is 0.574 e. The summed E-state index contributed by atoms with van der Waals surface area (Å²) in [4.78, 5) is 15.2. The first-order valence-corrected chi connectivity index (χ1v) is 5.74. The molecule has 1 saturated heterocycles. The van der Waals surface area contributed by atoms with Gasteiger partial charge in [0, 0.05) is 19.0 Å². The molecule has 2 N–H and O–H groups in total. The van der Waals surface area contributed by atoms with Crippen LogP contribution < -0.4 is 15.4 Å². The molecule has 0 aliphatic carbocycles. The van der Waals surface area contributed by atoms with E-state index >= 15 is 0 Å². The molecule has 0 unspecified atom stereocenters. The summed E-state index contributed by atoms with van der Waals surface area (Å²) in [7, 11) is 0. The van der Waals surface area contributed by atoms with Crippen molar-refractivity contribution in [3.8, 4) is 5.88 Å². The topological polar surface area (TPSA) is 63.2 Å². The highest BCUT2D eigenvalue weighted by atomic mass is 35.5. The van der Waals surface area contributed by atoms with E-state index in [1.165, 1.54) is 12.1 Å². The number of nitrogens with one attached hydrogen (secondary N) is 2. The Balaban J connectivity index is 0.00000220. The van der Waals surface area contributed by atoms with Gasteiger partial charge in [-0.15, -0.1) is 25.6 Å². The molecule has 1 aromatic rings. The van der Waals surface area contributed by atoms with Crippen LogP contribution in [0.4, 0.5) is 23.4 Å². The molecular weight excluding hydrogens is 318 g/mol. The Morgan fingerprint density at radius 2 is 2.14 bits per heavy atom. The molecule has 1 amide bonds. The number of alkyl halides is 4. The number of carbonyl (C=O) groups is 1. The van der Waals surface area contributed by atoms with Gasteiger partial charge in [0.1, 0.15) is 12.0 Å². The standard InChI is InChI=1S/C11H11F4N3O2.ClH/c12-6-4-7(16-5-6)10(19)18-8-2-1-3-9(17-8)20-11(13,14)15;/h1-3,6-7,16H,4-5H2,(H,17,18,19);1H/t6-,7+;/m1./s1. The van der Waals surface area contributed by atoms with Crippen LogP contribution in [0.5, 0.6) is 5.88 Å². The highest BCUT2D eigenvalue weighted by Gasteiger charge is 2.32. The maximum atomic E-state index is 12.9. The fourth-order valence-electron chi connectivity index (χ4n) is 1.77. The molecule has 2 atom stereocenters. The molecule has 10 heteroatoms. The zero-order valence-electron chi connectivity index (χ0n) is 10.5. The predicted octanol–water partition coefficient (Wildman–Crippen LogP) is 2.04. The second-order valence-electron chi connectivity index (χ2n) is 4.19. The second kappa shape index (κ2) is 6.90. The van der Waals surface area contributed by atoms with E-state index in [9.17, 15) is 22.4 Å². The molecule has 0 saturated carbocycles. The number of halogens is 5. The van der Waals surface area contributed by atoms with Crippen molar-refractivity contribution in [3.63, 3.8) is 0 Å². The molecule has 21 heavy (non-hydrogen) atoms. The van der Waals surface area contributed by atoms with E-state index in [4.69, 9.17) is 0 Å². The van der Waals surface area contributed by atoms with Crippen molar-refractivity contribution in [2.24, 2.45) is 0 Å². The summed E-state index contributed by atoms with van der Waals surface area (Å²) in [6.45, 7) is 0.0722. The molecule has 1 aliphatic heterocycles. The molecule has 2 rings (SSSR count). The van der Waals surface area contributed by atoms with Gasteiger partial charge in [0.25, 0.3) is 0 Å². The Hall–Kier alpha value is -1.61. The maximum absolute atomic E-state index is 12.9. The average molecular weight is 330 g/mol. The van der Waals surface area contributed by atoms with E-state index in [1.807, 2.05) is 0 Å². The normalized spacial score (nSPS) is 21.5. The number of hydrogen-bond acceptors (Lipinski definition) is 4. The summed E-state index contributed by atoms with van der Waals surface area (Å²) in [5, 5.41) is 4.96. The van der Waals surface area contributed by atoms with Crippen LogP contribution in [0.15, 0.2) is 18.2 Å². The highest BCUT2D eigenvalue weighted by Crippen LogP contribution is 2.22. The Bertz CT molecular complexity index is 501. The lowest BCUT2D eigenvalue weighted by atomic mass is 10.2. The van der Waals surface area contributed by atoms with E-state index < -0.39 is 30.4 Å². The van der Waals surface area contributed by atoms with Gasteiger partial charge in [0.2, 0.25) is 11.8 Å². The van der Waals surface area contributed by atoms with Gasteiger partial charge < -0.3 is 15.4 Å². The Morgan fingerprint density at radius 1 is 1.43 bits per heavy atom.